The third-order valence-corrected chi connectivity index (χ3v) is 7.06. The number of rotatable bonds is 10. The van der Waals surface area contributed by atoms with Gasteiger partial charge in [-0.2, -0.15) is 5.48 Å². The Labute approximate surface area is 269 Å². The van der Waals surface area contributed by atoms with Crippen LogP contribution in [0.4, 0.5) is 18.9 Å². The van der Waals surface area contributed by atoms with Crippen molar-refractivity contribution in [2.45, 2.75) is 46.1 Å². The molecule has 0 spiro atoms. The molecule has 2 atom stereocenters. The molecule has 2 aromatic carbocycles. The molecule has 2 heterocycles. The number of hydrogen-bond donors (Lipinski definition) is 2. The molecule has 45 heavy (non-hydrogen) atoms. The molecule has 3 N–H and O–H groups in total. The Morgan fingerprint density at radius 2 is 1.84 bits per heavy atom. The van der Waals surface area contributed by atoms with Crippen molar-refractivity contribution >= 4 is 28.2 Å². The van der Waals surface area contributed by atoms with Crippen molar-refractivity contribution in [2.75, 3.05) is 44.7 Å². The average Bonchev–Trinajstić information content (AvgIpc) is 3.01. The molecule has 4 rings (SSSR count). The molecule has 3 aromatic rings. The number of aromatic nitrogens is 1. The van der Waals surface area contributed by atoms with Crippen LogP contribution in [0.5, 0.6) is 0 Å². The van der Waals surface area contributed by atoms with Gasteiger partial charge in [0.15, 0.2) is 5.43 Å². The van der Waals surface area contributed by atoms with E-state index in [1.807, 2.05) is 59.7 Å². The van der Waals surface area contributed by atoms with Crippen LogP contribution in [-0.4, -0.2) is 55.5 Å². The fraction of sp³-hybridized carbons (Fsp3) is 0.382. The molecule has 246 valence electrons. The largest absolute Gasteiger partial charge is 0.367 e. The lowest BCUT2D eigenvalue weighted by molar-refractivity contribution is 0.0169. The number of nitrogens with zero attached hydrogens (tertiary/aromatic N) is 3. The van der Waals surface area contributed by atoms with Crippen LogP contribution in [-0.2, 0) is 11.4 Å². The van der Waals surface area contributed by atoms with Gasteiger partial charge in [0.1, 0.15) is 18.2 Å². The summed E-state index contributed by atoms with van der Waals surface area (Å²) in [6.07, 6.45) is 7.14. The van der Waals surface area contributed by atoms with Gasteiger partial charge in [0.25, 0.3) is 0 Å². The van der Waals surface area contributed by atoms with Gasteiger partial charge in [-0.3, -0.25) is 9.63 Å². The van der Waals surface area contributed by atoms with E-state index in [1.54, 1.807) is 18.3 Å². The van der Waals surface area contributed by atoms with Crippen molar-refractivity contribution in [3.05, 3.63) is 112 Å². The highest BCUT2D eigenvalue weighted by Gasteiger charge is 2.22. The lowest BCUT2D eigenvalue weighted by atomic mass is 10.1. The first-order valence-electron chi connectivity index (χ1n) is 14.9. The van der Waals surface area contributed by atoms with Gasteiger partial charge < -0.3 is 20.1 Å². The molecule has 1 saturated heterocycles. The second-order valence-electron chi connectivity index (χ2n) is 10.5. The summed E-state index contributed by atoms with van der Waals surface area (Å²) in [6, 6.07) is 10.6. The van der Waals surface area contributed by atoms with Crippen LogP contribution in [0.2, 0.25) is 5.02 Å². The van der Waals surface area contributed by atoms with Gasteiger partial charge in [0.2, 0.25) is 0 Å². The van der Waals surface area contributed by atoms with Crippen LogP contribution in [0.1, 0.15) is 44.5 Å². The Balaban J connectivity index is 0.000000551. The van der Waals surface area contributed by atoms with Gasteiger partial charge in [-0.05, 0) is 63.2 Å². The van der Waals surface area contributed by atoms with Crippen molar-refractivity contribution in [2.24, 2.45) is 5.73 Å². The maximum absolute atomic E-state index is 15.3. The summed E-state index contributed by atoms with van der Waals surface area (Å²) >= 11 is 6.05. The number of benzene rings is 2. The first kappa shape index (κ1) is 37.8. The zero-order valence-electron chi connectivity index (χ0n) is 26.5. The van der Waals surface area contributed by atoms with Gasteiger partial charge in [-0.1, -0.05) is 55.5 Å². The van der Waals surface area contributed by atoms with E-state index in [0.29, 0.717) is 34.9 Å². The molecule has 7 nitrogen and oxygen atoms in total. The Bertz CT molecular complexity index is 1450. The maximum atomic E-state index is 15.3. The summed E-state index contributed by atoms with van der Waals surface area (Å²) in [5.41, 5.74) is 11.1. The fourth-order valence-corrected chi connectivity index (χ4v) is 4.53. The molecule has 2 unspecified atom stereocenters. The van der Waals surface area contributed by atoms with E-state index in [2.05, 4.69) is 24.0 Å². The molecular weight excluding hydrogens is 603 g/mol. The number of hydroxylamine groups is 1. The summed E-state index contributed by atoms with van der Waals surface area (Å²) in [4.78, 5) is 22.9. The van der Waals surface area contributed by atoms with Gasteiger partial charge in [-0.25, -0.2) is 13.2 Å². The zero-order chi connectivity index (χ0) is 33.4. The lowest BCUT2D eigenvalue weighted by Gasteiger charge is -2.34. The van der Waals surface area contributed by atoms with Crippen molar-refractivity contribution in [1.29, 1.82) is 0 Å². The van der Waals surface area contributed by atoms with Crippen molar-refractivity contribution in [1.82, 2.24) is 14.9 Å². The Morgan fingerprint density at radius 1 is 1.18 bits per heavy atom. The van der Waals surface area contributed by atoms with Crippen LogP contribution in [0, 0.1) is 5.82 Å². The van der Waals surface area contributed by atoms with E-state index in [1.165, 1.54) is 13.0 Å². The summed E-state index contributed by atoms with van der Waals surface area (Å²) < 4.78 is 39.4. The summed E-state index contributed by atoms with van der Waals surface area (Å²) in [5, 5.41) is 0.933. The molecule has 1 aliphatic heterocycles. The first-order chi connectivity index (χ1) is 21.6. The van der Waals surface area contributed by atoms with Crippen LogP contribution in [0.3, 0.4) is 0 Å². The number of likely N-dealkylation sites (N-methyl/N-ethyl adjacent to an activating group) is 1. The maximum Gasteiger partial charge on any atom is 0.195 e. The summed E-state index contributed by atoms with van der Waals surface area (Å²) in [5.74, 6) is -0.409. The van der Waals surface area contributed by atoms with Gasteiger partial charge >= 0.3 is 0 Å². The van der Waals surface area contributed by atoms with E-state index >= 15 is 4.39 Å². The molecule has 0 bridgehead atoms. The average molecular weight is 648 g/mol. The second-order valence-corrected chi connectivity index (χ2v) is 10.9. The number of halogens is 4. The Morgan fingerprint density at radius 3 is 2.36 bits per heavy atom. The van der Waals surface area contributed by atoms with E-state index < -0.39 is 18.2 Å². The fourth-order valence-electron chi connectivity index (χ4n) is 4.40. The molecule has 0 amide bonds. The van der Waals surface area contributed by atoms with Crippen LogP contribution in [0.15, 0.2) is 84.6 Å². The van der Waals surface area contributed by atoms with Gasteiger partial charge in [0.05, 0.1) is 24.1 Å². The summed E-state index contributed by atoms with van der Waals surface area (Å²) in [6.45, 7) is 12.7. The number of fused-ring (bicyclic) bond motifs is 1. The third-order valence-electron chi connectivity index (χ3n) is 6.80. The number of piperazine rings is 1. The minimum absolute atomic E-state index is 0.199. The number of allylic oxidation sites excluding steroid dienone is 4. The van der Waals surface area contributed by atoms with Crippen LogP contribution >= 0.6 is 11.6 Å². The topological polar surface area (TPSA) is 75.8 Å². The van der Waals surface area contributed by atoms with E-state index in [9.17, 15) is 13.6 Å². The second kappa shape index (κ2) is 19.9. The van der Waals surface area contributed by atoms with Crippen molar-refractivity contribution < 1.29 is 18.0 Å². The molecule has 11 heteroatoms. The number of hydrogen-bond acceptors (Lipinski definition) is 6. The molecule has 0 radical (unpaired) electrons. The SMILES string of the molecule is C=C/C=C\C.CC(F)/C=C/F.CCCONC(N)c1cn(Cc2ccc(Cl)cc2)c2cc(N3CCN(C)CC3)c(F)cc2c1=O. The predicted molar refractivity (Wildman–Crippen MR) is 181 cm³/mol. The highest BCUT2D eigenvalue weighted by Crippen LogP contribution is 2.27. The van der Waals surface area contributed by atoms with E-state index in [-0.39, 0.29) is 17.1 Å². The highest BCUT2D eigenvalue weighted by molar-refractivity contribution is 6.30. The number of anilines is 1. The van der Waals surface area contributed by atoms with Gasteiger partial charge in [-0.15, -0.1) is 0 Å². The number of alkyl halides is 1. The van der Waals surface area contributed by atoms with E-state index in [4.69, 9.17) is 22.2 Å². The third kappa shape index (κ3) is 12.1. The molecule has 0 aliphatic carbocycles. The quantitative estimate of drug-likeness (QED) is 0.106. The van der Waals surface area contributed by atoms with Gasteiger partial charge in [0, 0.05) is 54.9 Å². The number of pyridine rings is 1. The Kier molecular flexibility index (Phi) is 16.7. The number of nitrogens with one attached hydrogen (secondary N) is 1. The minimum atomic E-state index is -1.16. The molecule has 1 aliphatic rings. The van der Waals surface area contributed by atoms with Crippen LogP contribution < -0.4 is 21.5 Å². The van der Waals surface area contributed by atoms with Crippen molar-refractivity contribution in [3.63, 3.8) is 0 Å². The molecular formula is C34H45ClF3N5O2. The zero-order valence-corrected chi connectivity index (χ0v) is 27.2. The monoisotopic (exact) mass is 647 g/mol. The molecule has 0 saturated carbocycles. The first-order valence-corrected chi connectivity index (χ1v) is 15.3. The molecule has 1 aromatic heterocycles. The standard InChI is InChI=1S/C25H31ClFN5O2.C5H8.C4H6F2/c1-3-12-34-29-25(28)20-16-32(15-17-4-6-18(26)7-5-17)22-14-23(21(27)13-19(22)24(20)33)31-10-8-30(2)9-11-31;1-3-5-4-2;1-4(6)2-3-5/h4-7,13-14,16,25,29H,3,8-12,15,28H2,1-2H3;3-5H,1H2,2H3;2-4H,1H3/b;5-4-;3-2+. The van der Waals surface area contributed by atoms with E-state index in [0.717, 1.165) is 44.2 Å². The lowest BCUT2D eigenvalue weighted by Crippen LogP contribution is -2.44. The predicted octanol–water partition coefficient (Wildman–Crippen LogP) is 7.06. The minimum Gasteiger partial charge on any atom is -0.367 e. The normalized spacial score (nSPS) is 15.0. The Hall–Kier alpha value is -3.41. The molecule has 1 fully saturated rings. The number of nitrogens with two attached hydrogens (primary N) is 1. The van der Waals surface area contributed by atoms with Crippen molar-refractivity contribution in [3.8, 4) is 0 Å². The smallest absolute Gasteiger partial charge is 0.195 e. The highest BCUT2D eigenvalue weighted by atomic mass is 35.5. The summed E-state index contributed by atoms with van der Waals surface area (Å²) in [7, 11) is 2.06. The van der Waals surface area contributed by atoms with Crippen LogP contribution in [0.25, 0.3) is 10.9 Å².